The summed E-state index contributed by atoms with van der Waals surface area (Å²) < 4.78 is 4.94. The number of fused-ring (bicyclic) bond motifs is 1. The molecule has 4 N–H and O–H groups in total. The minimum absolute atomic E-state index is 0.0131. The summed E-state index contributed by atoms with van der Waals surface area (Å²) >= 11 is 0. The average Bonchev–Trinajstić information content (AvgIpc) is 2.59. The predicted octanol–water partition coefficient (Wildman–Crippen LogP) is 1.41. The third kappa shape index (κ3) is 1.46. The van der Waals surface area contributed by atoms with Crippen LogP contribution in [0.3, 0.4) is 0 Å². The lowest BCUT2D eigenvalue weighted by atomic mass is 10.1. The van der Waals surface area contributed by atoms with Crippen LogP contribution < -0.4 is 5.73 Å². The Morgan fingerprint density at radius 2 is 1.81 bits per heavy atom. The molecule has 0 spiro atoms. The Kier molecular flexibility index (Phi) is 2.05. The number of furan rings is 1. The fourth-order valence-electron chi connectivity index (χ4n) is 1.44. The Balaban J connectivity index is 2.80. The van der Waals surface area contributed by atoms with Gasteiger partial charge in [0.05, 0.1) is 0 Å². The molecule has 0 atom stereocenters. The van der Waals surface area contributed by atoms with E-state index in [4.69, 9.17) is 20.4 Å². The van der Waals surface area contributed by atoms with E-state index in [0.29, 0.717) is 5.39 Å². The number of carboxylic acids is 2. The van der Waals surface area contributed by atoms with E-state index in [0.717, 1.165) is 0 Å². The van der Waals surface area contributed by atoms with Crippen LogP contribution in [0.15, 0.2) is 22.6 Å². The zero-order valence-electron chi connectivity index (χ0n) is 7.93. The van der Waals surface area contributed by atoms with Crippen molar-refractivity contribution in [3.8, 4) is 0 Å². The Hall–Kier alpha value is -2.50. The van der Waals surface area contributed by atoms with Gasteiger partial charge >= 0.3 is 11.9 Å². The molecule has 0 saturated heterocycles. The third-order valence-corrected chi connectivity index (χ3v) is 2.08. The molecule has 6 nitrogen and oxygen atoms in total. The van der Waals surface area contributed by atoms with Crippen molar-refractivity contribution in [2.24, 2.45) is 0 Å². The molecule has 1 aromatic heterocycles. The van der Waals surface area contributed by atoms with Crippen LogP contribution in [-0.4, -0.2) is 22.2 Å². The van der Waals surface area contributed by atoms with E-state index >= 15 is 0 Å². The molecule has 82 valence electrons. The second-order valence-corrected chi connectivity index (χ2v) is 3.21. The molecule has 0 radical (unpaired) electrons. The van der Waals surface area contributed by atoms with Crippen LogP contribution in [0, 0.1) is 0 Å². The van der Waals surface area contributed by atoms with E-state index in [2.05, 4.69) is 0 Å². The molecule has 2 aromatic rings. The van der Waals surface area contributed by atoms with Crippen molar-refractivity contribution >= 4 is 28.6 Å². The molecule has 0 aliphatic heterocycles. The van der Waals surface area contributed by atoms with E-state index in [9.17, 15) is 9.59 Å². The Morgan fingerprint density at radius 1 is 1.12 bits per heavy atom. The predicted molar refractivity (Wildman–Crippen MR) is 54.5 cm³/mol. The molecule has 0 bridgehead atoms. The van der Waals surface area contributed by atoms with E-state index in [1.807, 2.05) is 0 Å². The second kappa shape index (κ2) is 3.27. The van der Waals surface area contributed by atoms with Crippen molar-refractivity contribution in [1.29, 1.82) is 0 Å². The molecule has 0 aliphatic carbocycles. The number of aromatic carboxylic acids is 2. The Bertz CT molecular complexity index is 599. The van der Waals surface area contributed by atoms with Crippen molar-refractivity contribution in [1.82, 2.24) is 0 Å². The van der Waals surface area contributed by atoms with Crippen molar-refractivity contribution in [3.05, 3.63) is 29.5 Å². The minimum Gasteiger partial charge on any atom is -0.478 e. The lowest BCUT2D eigenvalue weighted by Crippen LogP contribution is -1.98. The largest absolute Gasteiger partial charge is 0.478 e. The van der Waals surface area contributed by atoms with Gasteiger partial charge in [-0.25, -0.2) is 9.59 Å². The number of anilines is 1. The lowest BCUT2D eigenvalue weighted by Gasteiger charge is -1.98. The number of carbonyl (C=O) groups is 2. The van der Waals surface area contributed by atoms with Crippen molar-refractivity contribution < 1.29 is 24.2 Å². The first-order chi connectivity index (χ1) is 7.49. The minimum atomic E-state index is -1.26. The fourth-order valence-corrected chi connectivity index (χ4v) is 1.44. The van der Waals surface area contributed by atoms with E-state index in [-0.39, 0.29) is 22.6 Å². The van der Waals surface area contributed by atoms with Gasteiger partial charge in [0.15, 0.2) is 0 Å². The van der Waals surface area contributed by atoms with Gasteiger partial charge in [0.2, 0.25) is 5.76 Å². The highest BCUT2D eigenvalue weighted by Gasteiger charge is 2.17. The average molecular weight is 221 g/mol. The smallest absolute Gasteiger partial charge is 0.371 e. The third-order valence-electron chi connectivity index (χ3n) is 2.08. The monoisotopic (exact) mass is 221 g/mol. The van der Waals surface area contributed by atoms with Gasteiger partial charge in [0.1, 0.15) is 11.1 Å². The summed E-state index contributed by atoms with van der Waals surface area (Å²) in [7, 11) is 0. The summed E-state index contributed by atoms with van der Waals surface area (Å²) in [4.78, 5) is 21.5. The summed E-state index contributed by atoms with van der Waals surface area (Å²) in [6.07, 6.45) is 0. The maximum atomic E-state index is 10.9. The number of carboxylic acid groups (broad SMARTS) is 2. The summed E-state index contributed by atoms with van der Waals surface area (Å²) in [6, 6.07) is 3.91. The number of rotatable bonds is 2. The molecule has 0 fully saturated rings. The van der Waals surface area contributed by atoms with Gasteiger partial charge in [-0.2, -0.15) is 0 Å². The highest BCUT2D eigenvalue weighted by molar-refractivity contribution is 6.04. The molecule has 0 saturated carbocycles. The first-order valence-corrected chi connectivity index (χ1v) is 4.28. The van der Waals surface area contributed by atoms with Crippen molar-refractivity contribution in [3.63, 3.8) is 0 Å². The topological polar surface area (TPSA) is 114 Å². The van der Waals surface area contributed by atoms with Gasteiger partial charge in [-0.1, -0.05) is 0 Å². The van der Waals surface area contributed by atoms with Crippen LogP contribution in [0.2, 0.25) is 0 Å². The number of hydrogen-bond acceptors (Lipinski definition) is 4. The number of benzene rings is 1. The Labute approximate surface area is 88.9 Å². The molecule has 0 aliphatic rings. The zero-order valence-corrected chi connectivity index (χ0v) is 7.93. The molecule has 0 amide bonds. The van der Waals surface area contributed by atoms with Crippen molar-refractivity contribution in [2.45, 2.75) is 0 Å². The van der Waals surface area contributed by atoms with Gasteiger partial charge in [-0.05, 0) is 18.2 Å². The van der Waals surface area contributed by atoms with Gasteiger partial charge in [0, 0.05) is 11.1 Å². The first kappa shape index (κ1) is 10.0. The highest BCUT2D eigenvalue weighted by atomic mass is 16.4. The van der Waals surface area contributed by atoms with Crippen LogP contribution >= 0.6 is 0 Å². The van der Waals surface area contributed by atoms with Crippen LogP contribution in [0.5, 0.6) is 0 Å². The second-order valence-electron chi connectivity index (χ2n) is 3.21. The highest BCUT2D eigenvalue weighted by Crippen LogP contribution is 2.26. The van der Waals surface area contributed by atoms with Gasteiger partial charge in [0.25, 0.3) is 0 Å². The van der Waals surface area contributed by atoms with Crippen LogP contribution in [0.25, 0.3) is 11.0 Å². The van der Waals surface area contributed by atoms with E-state index in [1.165, 1.54) is 18.2 Å². The number of hydrogen-bond donors (Lipinski definition) is 3. The lowest BCUT2D eigenvalue weighted by molar-refractivity contribution is 0.0656. The fraction of sp³-hybridized carbons (Fsp3) is 0. The standard InChI is InChI=1S/C10H7NO5/c11-5-1-4-2-7(10(14)15)16-8(4)6(3-5)9(12)13/h1-3H,11H2,(H,12,13)(H,14,15). The molecule has 6 heteroatoms. The first-order valence-electron chi connectivity index (χ1n) is 4.28. The SMILES string of the molecule is Nc1cc(C(=O)O)c2oc(C(=O)O)cc2c1. The Morgan fingerprint density at radius 3 is 2.38 bits per heavy atom. The van der Waals surface area contributed by atoms with E-state index < -0.39 is 11.9 Å². The summed E-state index contributed by atoms with van der Waals surface area (Å²) in [5.74, 6) is -2.79. The van der Waals surface area contributed by atoms with Crippen LogP contribution in [0.1, 0.15) is 20.9 Å². The molecule has 1 aromatic carbocycles. The van der Waals surface area contributed by atoms with E-state index in [1.54, 1.807) is 0 Å². The maximum Gasteiger partial charge on any atom is 0.371 e. The molecule has 2 rings (SSSR count). The van der Waals surface area contributed by atoms with Gasteiger partial charge < -0.3 is 20.4 Å². The van der Waals surface area contributed by atoms with Gasteiger partial charge in [-0.15, -0.1) is 0 Å². The van der Waals surface area contributed by atoms with Crippen LogP contribution in [0.4, 0.5) is 5.69 Å². The zero-order chi connectivity index (χ0) is 11.9. The number of nitrogen functional groups attached to an aromatic ring is 1. The molecule has 1 heterocycles. The molecule has 16 heavy (non-hydrogen) atoms. The van der Waals surface area contributed by atoms with Crippen molar-refractivity contribution in [2.75, 3.05) is 5.73 Å². The summed E-state index contributed by atoms with van der Waals surface area (Å²) in [5.41, 5.74) is 5.60. The maximum absolute atomic E-state index is 10.9. The summed E-state index contributed by atoms with van der Waals surface area (Å²) in [6.45, 7) is 0. The number of nitrogens with two attached hydrogens (primary N) is 1. The van der Waals surface area contributed by atoms with Gasteiger partial charge in [-0.3, -0.25) is 0 Å². The normalized spacial score (nSPS) is 10.5. The molecule has 0 unspecified atom stereocenters. The molecular formula is C10H7NO5. The quantitative estimate of drug-likeness (QED) is 0.660. The van der Waals surface area contributed by atoms with Crippen LogP contribution in [-0.2, 0) is 0 Å². The summed E-state index contributed by atoms with van der Waals surface area (Å²) in [5, 5.41) is 18.0. The molecular weight excluding hydrogens is 214 g/mol.